The molecule has 2 aromatic rings. The summed E-state index contributed by atoms with van der Waals surface area (Å²) in [5.74, 6) is 0.638. The highest BCUT2D eigenvalue weighted by Gasteiger charge is 2.03. The Morgan fingerprint density at radius 2 is 2.16 bits per heavy atom. The molecule has 0 aliphatic rings. The second-order valence-electron chi connectivity index (χ2n) is 3.90. The van der Waals surface area contributed by atoms with Crippen molar-refractivity contribution in [2.24, 2.45) is 0 Å². The summed E-state index contributed by atoms with van der Waals surface area (Å²) >= 11 is 3.36. The van der Waals surface area contributed by atoms with Gasteiger partial charge in [0.1, 0.15) is 5.69 Å². The summed E-state index contributed by atoms with van der Waals surface area (Å²) in [6.45, 7) is 2.17. The number of methoxy groups -OCH3 is 1. The van der Waals surface area contributed by atoms with Crippen LogP contribution in [0.4, 0.5) is 0 Å². The van der Waals surface area contributed by atoms with Crippen molar-refractivity contribution in [3.05, 3.63) is 40.8 Å². The summed E-state index contributed by atoms with van der Waals surface area (Å²) in [6.07, 6.45) is 3.49. The maximum atomic E-state index is 4.97. The molecule has 0 bridgehead atoms. The molecule has 0 atom stereocenters. The SMILES string of the molecule is COCCNCc1ccnc(-c2ccc(Br)cn2)n1. The molecule has 0 saturated heterocycles. The van der Waals surface area contributed by atoms with Gasteiger partial charge in [0.25, 0.3) is 0 Å². The van der Waals surface area contributed by atoms with E-state index in [1.807, 2.05) is 18.2 Å². The highest BCUT2D eigenvalue weighted by atomic mass is 79.9. The summed E-state index contributed by atoms with van der Waals surface area (Å²) in [5, 5.41) is 3.25. The van der Waals surface area contributed by atoms with Crippen molar-refractivity contribution in [1.82, 2.24) is 20.3 Å². The van der Waals surface area contributed by atoms with Gasteiger partial charge in [-0.2, -0.15) is 0 Å². The molecule has 6 heteroatoms. The second kappa shape index (κ2) is 7.28. The van der Waals surface area contributed by atoms with E-state index in [9.17, 15) is 0 Å². The lowest BCUT2D eigenvalue weighted by atomic mass is 10.3. The van der Waals surface area contributed by atoms with Crippen molar-refractivity contribution >= 4 is 15.9 Å². The van der Waals surface area contributed by atoms with Gasteiger partial charge in [0.15, 0.2) is 5.82 Å². The van der Waals surface area contributed by atoms with Crippen LogP contribution in [-0.4, -0.2) is 35.2 Å². The Bertz CT molecular complexity index is 518. The fourth-order valence-electron chi connectivity index (χ4n) is 1.52. The summed E-state index contributed by atoms with van der Waals surface area (Å²) in [4.78, 5) is 13.0. The maximum Gasteiger partial charge on any atom is 0.178 e. The van der Waals surface area contributed by atoms with Gasteiger partial charge in [0, 0.05) is 37.1 Å². The van der Waals surface area contributed by atoms with Crippen molar-refractivity contribution in [2.75, 3.05) is 20.3 Å². The lowest BCUT2D eigenvalue weighted by molar-refractivity contribution is 0.199. The minimum absolute atomic E-state index is 0.638. The molecular formula is C13H15BrN4O. The lowest BCUT2D eigenvalue weighted by Crippen LogP contribution is -2.19. The van der Waals surface area contributed by atoms with Gasteiger partial charge in [-0.25, -0.2) is 9.97 Å². The number of nitrogens with one attached hydrogen (secondary N) is 1. The van der Waals surface area contributed by atoms with E-state index in [1.165, 1.54) is 0 Å². The third-order valence-corrected chi connectivity index (χ3v) is 2.93. The molecule has 0 saturated carbocycles. The molecule has 5 nitrogen and oxygen atoms in total. The predicted octanol–water partition coefficient (Wildman–Crippen LogP) is 2.04. The number of aromatic nitrogens is 3. The van der Waals surface area contributed by atoms with E-state index in [0.29, 0.717) is 19.0 Å². The molecule has 0 unspecified atom stereocenters. The fourth-order valence-corrected chi connectivity index (χ4v) is 1.75. The molecule has 2 aromatic heterocycles. The summed E-state index contributed by atoms with van der Waals surface area (Å²) < 4.78 is 5.91. The molecule has 19 heavy (non-hydrogen) atoms. The molecule has 0 aliphatic carbocycles. The molecule has 2 rings (SSSR count). The van der Waals surface area contributed by atoms with Crippen LogP contribution in [0.2, 0.25) is 0 Å². The smallest absolute Gasteiger partial charge is 0.178 e. The third-order valence-electron chi connectivity index (χ3n) is 2.46. The van der Waals surface area contributed by atoms with E-state index in [2.05, 4.69) is 36.2 Å². The third kappa shape index (κ3) is 4.34. The lowest BCUT2D eigenvalue weighted by Gasteiger charge is -2.05. The number of halogens is 1. The topological polar surface area (TPSA) is 59.9 Å². The first kappa shape index (κ1) is 14.0. The Balaban J connectivity index is 2.04. The van der Waals surface area contributed by atoms with Gasteiger partial charge >= 0.3 is 0 Å². The summed E-state index contributed by atoms with van der Waals surface area (Å²) in [7, 11) is 1.68. The van der Waals surface area contributed by atoms with Crippen molar-refractivity contribution in [1.29, 1.82) is 0 Å². The van der Waals surface area contributed by atoms with Crippen LogP contribution in [0.5, 0.6) is 0 Å². The zero-order valence-corrected chi connectivity index (χ0v) is 12.2. The summed E-state index contributed by atoms with van der Waals surface area (Å²) in [5.41, 5.74) is 1.70. The van der Waals surface area contributed by atoms with E-state index >= 15 is 0 Å². The van der Waals surface area contributed by atoms with Crippen LogP contribution in [0.1, 0.15) is 5.69 Å². The molecular weight excluding hydrogens is 308 g/mol. The van der Waals surface area contributed by atoms with E-state index in [-0.39, 0.29) is 0 Å². The Morgan fingerprint density at radius 1 is 1.26 bits per heavy atom. The molecule has 0 fully saturated rings. The average Bonchev–Trinajstić information content (AvgIpc) is 2.45. The van der Waals surface area contributed by atoms with Crippen LogP contribution in [-0.2, 0) is 11.3 Å². The first-order chi connectivity index (χ1) is 9.29. The molecule has 100 valence electrons. The van der Waals surface area contributed by atoms with Gasteiger partial charge in [-0.1, -0.05) is 0 Å². The van der Waals surface area contributed by atoms with E-state index in [0.717, 1.165) is 22.4 Å². The van der Waals surface area contributed by atoms with Gasteiger partial charge in [0.05, 0.1) is 12.3 Å². The Morgan fingerprint density at radius 3 is 2.89 bits per heavy atom. The van der Waals surface area contributed by atoms with Crippen molar-refractivity contribution in [3.8, 4) is 11.5 Å². The molecule has 1 N–H and O–H groups in total. The largest absolute Gasteiger partial charge is 0.383 e. The van der Waals surface area contributed by atoms with Crippen LogP contribution in [0.15, 0.2) is 35.1 Å². The van der Waals surface area contributed by atoms with E-state index in [1.54, 1.807) is 19.5 Å². The number of rotatable bonds is 6. The molecule has 0 amide bonds. The highest BCUT2D eigenvalue weighted by Crippen LogP contribution is 2.14. The summed E-state index contributed by atoms with van der Waals surface area (Å²) in [6, 6.07) is 5.71. The van der Waals surface area contributed by atoms with Gasteiger partial charge < -0.3 is 10.1 Å². The van der Waals surface area contributed by atoms with Crippen molar-refractivity contribution in [2.45, 2.75) is 6.54 Å². The molecule has 0 spiro atoms. The van der Waals surface area contributed by atoms with Crippen LogP contribution in [0, 0.1) is 0 Å². The first-order valence-corrected chi connectivity index (χ1v) is 6.72. The fraction of sp³-hybridized carbons (Fsp3) is 0.308. The predicted molar refractivity (Wildman–Crippen MR) is 76.5 cm³/mol. The Hall–Kier alpha value is -1.37. The number of nitrogens with zero attached hydrogens (tertiary/aromatic N) is 3. The first-order valence-electron chi connectivity index (χ1n) is 5.93. The Labute approximate surface area is 120 Å². The van der Waals surface area contributed by atoms with Gasteiger partial charge in [-0.3, -0.25) is 4.98 Å². The Kier molecular flexibility index (Phi) is 5.38. The number of hydrogen-bond acceptors (Lipinski definition) is 5. The number of ether oxygens (including phenoxy) is 1. The normalized spacial score (nSPS) is 10.6. The van der Waals surface area contributed by atoms with Crippen molar-refractivity contribution in [3.63, 3.8) is 0 Å². The maximum absolute atomic E-state index is 4.97. The van der Waals surface area contributed by atoms with Gasteiger partial charge in [0.2, 0.25) is 0 Å². The highest BCUT2D eigenvalue weighted by molar-refractivity contribution is 9.10. The molecule has 0 aromatic carbocycles. The van der Waals surface area contributed by atoms with Crippen LogP contribution < -0.4 is 5.32 Å². The quantitative estimate of drug-likeness (QED) is 0.825. The van der Waals surface area contributed by atoms with Crippen molar-refractivity contribution < 1.29 is 4.74 Å². The molecule has 2 heterocycles. The van der Waals surface area contributed by atoms with Crippen LogP contribution in [0.25, 0.3) is 11.5 Å². The van der Waals surface area contributed by atoms with Crippen LogP contribution >= 0.6 is 15.9 Å². The zero-order chi connectivity index (χ0) is 13.5. The molecule has 0 aliphatic heterocycles. The van der Waals surface area contributed by atoms with Gasteiger partial charge in [-0.15, -0.1) is 0 Å². The number of pyridine rings is 1. The zero-order valence-electron chi connectivity index (χ0n) is 10.6. The van der Waals surface area contributed by atoms with Crippen LogP contribution in [0.3, 0.4) is 0 Å². The average molecular weight is 323 g/mol. The minimum atomic E-state index is 0.638. The standard InChI is InChI=1S/C13H15BrN4O/c1-19-7-6-15-9-11-4-5-16-13(18-11)12-3-2-10(14)8-17-12/h2-5,8,15H,6-7,9H2,1H3. The van der Waals surface area contributed by atoms with E-state index in [4.69, 9.17) is 4.74 Å². The van der Waals surface area contributed by atoms with E-state index < -0.39 is 0 Å². The minimum Gasteiger partial charge on any atom is -0.383 e. The number of hydrogen-bond donors (Lipinski definition) is 1. The molecule has 0 radical (unpaired) electrons. The van der Waals surface area contributed by atoms with Gasteiger partial charge in [-0.05, 0) is 34.1 Å². The second-order valence-corrected chi connectivity index (χ2v) is 4.82. The monoisotopic (exact) mass is 322 g/mol.